The Hall–Kier alpha value is -12.3. The van der Waals surface area contributed by atoms with Gasteiger partial charge in [-0.15, -0.1) is 0 Å². The van der Waals surface area contributed by atoms with Gasteiger partial charge in [0.25, 0.3) is 47.3 Å². The van der Waals surface area contributed by atoms with Gasteiger partial charge in [-0.2, -0.15) is 0 Å². The number of rotatable bonds is 34. The summed E-state index contributed by atoms with van der Waals surface area (Å²) in [6.45, 7) is 24.7. The lowest BCUT2D eigenvalue weighted by Crippen LogP contribution is -2.48. The highest BCUT2D eigenvalue weighted by atomic mass is 16.2. The molecule has 22 nitrogen and oxygen atoms in total. The lowest BCUT2D eigenvalue weighted by atomic mass is 9.84. The molecule has 6 heterocycles. The van der Waals surface area contributed by atoms with Gasteiger partial charge in [-0.1, -0.05) is 189 Å². The summed E-state index contributed by atoms with van der Waals surface area (Å²) in [5.74, 6) is -1.33. The maximum absolute atomic E-state index is 13.5. The summed E-state index contributed by atoms with van der Waals surface area (Å²) in [6, 6.07) is 57.3. The Labute approximate surface area is 772 Å². The number of hydrogen-bond donors (Lipinski definition) is 6. The molecular weight excluding hydrogens is 1650 g/mol. The van der Waals surface area contributed by atoms with Crippen molar-refractivity contribution in [2.75, 3.05) is 151 Å². The second kappa shape index (κ2) is 41.2. The van der Waals surface area contributed by atoms with Crippen molar-refractivity contribution in [1.82, 2.24) is 29.4 Å². The Morgan fingerprint density at radius 2 is 0.492 bits per heavy atom. The van der Waals surface area contributed by atoms with E-state index in [0.29, 0.717) is 83.8 Å². The summed E-state index contributed by atoms with van der Waals surface area (Å²) in [4.78, 5) is 121. The number of benzene rings is 14. The summed E-state index contributed by atoms with van der Waals surface area (Å²) in [6.07, 6.45) is 18.1. The van der Waals surface area contributed by atoms with E-state index in [9.17, 15) is 38.4 Å². The fraction of sp³-hybridized carbons (Fsp3) is 0.382. The zero-order chi connectivity index (χ0) is 91.8. The quantitative estimate of drug-likeness (QED) is 0.00945. The van der Waals surface area contributed by atoms with Crippen LogP contribution in [0.4, 0.5) is 22.7 Å². The van der Waals surface area contributed by atoms with Crippen LogP contribution in [0.1, 0.15) is 226 Å². The van der Waals surface area contributed by atoms with Crippen LogP contribution in [0.25, 0.3) is 108 Å². The number of carbonyl (C=O) groups is 8. The van der Waals surface area contributed by atoms with Crippen LogP contribution in [0.3, 0.4) is 0 Å². The van der Waals surface area contributed by atoms with Gasteiger partial charge in [0.05, 0.1) is 0 Å². The number of hydrogen-bond acceptors (Lipinski definition) is 18. The van der Waals surface area contributed by atoms with E-state index in [-0.39, 0.29) is 47.3 Å². The van der Waals surface area contributed by atoms with Crippen molar-refractivity contribution in [3.63, 3.8) is 0 Å². The minimum absolute atomic E-state index is 0.158. The first-order valence-corrected chi connectivity index (χ1v) is 48.7. The molecule has 22 heteroatoms. The average Bonchev–Trinajstić information content (AvgIpc) is 0.700. The van der Waals surface area contributed by atoms with Gasteiger partial charge in [-0.25, -0.2) is 0 Å². The van der Waals surface area contributed by atoms with Crippen LogP contribution in [0, 0.1) is 0 Å². The lowest BCUT2D eigenvalue weighted by Gasteiger charge is -2.37. The molecule has 132 heavy (non-hydrogen) atoms. The standard InChI is InChI=1S/C33H34N4O2.C32H33N3O2.C23H30N4O2.C22H29N3O2/c1-2-3-4-15-37-32(38)26-10-8-23-21-6-5-7-25-28(36-19-17-35(16-14-34)18-20-36)13-12-22(29(21)25)24-9-11-27(33(37)39)31(26)30(23)24;1-2-3-7-19-35-31(36)25-13-11-22-20-9-8-10-24-27(34-18-6-4-5-17-33)16-15-21(28(20)24)23-12-14-26(32(35)37)30(25)29(22)23;1-2-3-4-11-27-22(28)18-7-5-6-17-20(9-8-19(21(17)18)23(27)29)26-15-13-25(12-10-24)14-16-26;1-2-3-7-15-25-21(26)17-10-8-9-16-19(24-14-6-4-5-13-23)12-11-18(20(16)17)22(25)27/h5-13H,2-4,14-20,34H2,1H3;8-16,34H,2-7,17-19,33H2,1H3;5-9H,2-4,10-16,24H2,1H3;8-12,24H,2-7,13-15,23H2,1H3. The van der Waals surface area contributed by atoms with Crippen LogP contribution in [-0.2, 0) is 0 Å². The zero-order valence-electron chi connectivity index (χ0n) is 77.2. The van der Waals surface area contributed by atoms with Crippen LogP contribution in [-0.4, -0.2) is 208 Å². The van der Waals surface area contributed by atoms with Gasteiger partial charge < -0.3 is 43.4 Å². The fourth-order valence-electron chi connectivity index (χ4n) is 21.2. The molecule has 0 aromatic heterocycles. The highest BCUT2D eigenvalue weighted by molar-refractivity contribution is 6.41. The van der Waals surface area contributed by atoms with Gasteiger partial charge in [0.15, 0.2) is 0 Å². The minimum atomic E-state index is -0.172. The first-order valence-electron chi connectivity index (χ1n) is 48.7. The summed E-state index contributed by atoms with van der Waals surface area (Å²) in [5, 5.41) is 28.3. The van der Waals surface area contributed by atoms with E-state index < -0.39 is 0 Å². The SMILES string of the molecule is CCCCCN1C(=O)c2ccc3c4cccc5c(N6CCN(CCN)CC6)ccc(c6ccc(c2c36)C1=O)c54.CCCCCN1C(=O)c2ccc3c4cccc5c(NCCCCCN)ccc(c6ccc(c2c36)C1=O)c54.CCCCCN1C(=O)c2cccc3c(N4CCN(CCN)CC4)ccc(c23)C1=O.CCCCCN1C(=O)c2cccc3c(NCCCCCN)ccc(c23)C1=O. The highest BCUT2D eigenvalue weighted by Crippen LogP contribution is 2.49. The minimum Gasteiger partial charge on any atom is -0.385 e. The summed E-state index contributed by atoms with van der Waals surface area (Å²) in [5.41, 5.74) is 32.3. The van der Waals surface area contributed by atoms with E-state index in [0.717, 1.165) is 300 Å². The van der Waals surface area contributed by atoms with E-state index in [4.69, 9.17) is 22.9 Å². The number of piperazine rings is 2. The van der Waals surface area contributed by atoms with E-state index in [2.05, 4.69) is 149 Å². The predicted molar refractivity (Wildman–Crippen MR) is 541 cm³/mol. The molecule has 0 atom stereocenters. The van der Waals surface area contributed by atoms with E-state index >= 15 is 0 Å². The third-order valence-corrected chi connectivity index (χ3v) is 28.1. The molecule has 0 spiro atoms. The molecule has 14 aromatic carbocycles. The van der Waals surface area contributed by atoms with E-state index in [1.54, 1.807) is 0 Å². The number of fused-ring (bicyclic) bond motifs is 4. The van der Waals surface area contributed by atoms with Crippen LogP contribution < -0.4 is 43.4 Å². The maximum Gasteiger partial charge on any atom is 0.261 e. The number of carbonyl (C=O) groups excluding carboxylic acids is 8. The van der Waals surface area contributed by atoms with Gasteiger partial charge in [-0.3, -0.25) is 67.8 Å². The number of amides is 8. The summed E-state index contributed by atoms with van der Waals surface area (Å²) >= 11 is 0. The van der Waals surface area contributed by atoms with Crippen molar-refractivity contribution in [3.05, 3.63) is 214 Å². The molecule has 0 radical (unpaired) electrons. The largest absolute Gasteiger partial charge is 0.385 e. The van der Waals surface area contributed by atoms with Gasteiger partial charge in [0.1, 0.15) is 0 Å². The molecule has 0 saturated carbocycles. The average molecular weight is 1770 g/mol. The van der Waals surface area contributed by atoms with Gasteiger partial charge in [-0.05, 0) is 202 Å². The van der Waals surface area contributed by atoms with E-state index in [1.165, 1.54) is 57.6 Å². The molecular formula is C110H126N14O8. The molecule has 2 saturated heterocycles. The molecule has 6 aliphatic heterocycles. The van der Waals surface area contributed by atoms with Crippen molar-refractivity contribution in [2.45, 2.75) is 143 Å². The third-order valence-electron chi connectivity index (χ3n) is 28.1. The summed E-state index contributed by atoms with van der Waals surface area (Å²) < 4.78 is 0. The molecule has 684 valence electrons. The van der Waals surface area contributed by atoms with Gasteiger partial charge >= 0.3 is 0 Å². The smallest absolute Gasteiger partial charge is 0.261 e. The summed E-state index contributed by atoms with van der Waals surface area (Å²) in [7, 11) is 0. The number of imide groups is 4. The first kappa shape index (κ1) is 91.6. The monoisotopic (exact) mass is 1770 g/mol. The third kappa shape index (κ3) is 17.4. The van der Waals surface area contributed by atoms with Crippen molar-refractivity contribution < 1.29 is 38.4 Å². The zero-order valence-corrected chi connectivity index (χ0v) is 77.2. The van der Waals surface area contributed by atoms with Crippen LogP contribution in [0.5, 0.6) is 0 Å². The van der Waals surface area contributed by atoms with Gasteiger partial charge in [0.2, 0.25) is 0 Å². The number of nitrogens with zero attached hydrogens (tertiary/aromatic N) is 8. The number of nitrogens with one attached hydrogen (secondary N) is 2. The number of unbranched alkanes of at least 4 members (excludes halogenated alkanes) is 12. The Morgan fingerprint density at radius 3 is 0.864 bits per heavy atom. The topological polar surface area (TPSA) is 291 Å². The van der Waals surface area contributed by atoms with Crippen LogP contribution in [0.15, 0.2) is 170 Å². The number of anilines is 4. The Bertz CT molecular complexity index is 6530. The Morgan fingerprint density at radius 1 is 0.227 bits per heavy atom. The molecule has 2 fully saturated rings. The van der Waals surface area contributed by atoms with Crippen molar-refractivity contribution in [1.29, 1.82) is 0 Å². The van der Waals surface area contributed by atoms with Crippen molar-refractivity contribution in [3.8, 4) is 0 Å². The maximum atomic E-state index is 13.5. The normalized spacial score (nSPS) is 15.3. The molecule has 0 aliphatic carbocycles. The van der Waals surface area contributed by atoms with Crippen LogP contribution in [0.2, 0.25) is 0 Å². The van der Waals surface area contributed by atoms with Gasteiger partial charge in [0, 0.05) is 228 Å². The van der Waals surface area contributed by atoms with E-state index in [1.807, 2.05) is 78.9 Å². The molecule has 20 rings (SSSR count). The molecule has 8 amide bonds. The predicted octanol–water partition coefficient (Wildman–Crippen LogP) is 19.5. The van der Waals surface area contributed by atoms with Crippen molar-refractivity contribution >= 4 is 178 Å². The fourth-order valence-corrected chi connectivity index (χ4v) is 21.2. The second-order valence-corrected chi connectivity index (χ2v) is 36.3. The Balaban J connectivity index is 0.000000124. The molecule has 14 aromatic rings. The second-order valence-electron chi connectivity index (χ2n) is 36.3. The number of nitrogens with two attached hydrogens (primary N) is 4. The molecule has 6 aliphatic rings. The molecule has 0 unspecified atom stereocenters. The highest BCUT2D eigenvalue weighted by Gasteiger charge is 2.39. The first-order chi connectivity index (χ1) is 64.6. The lowest BCUT2D eigenvalue weighted by molar-refractivity contribution is 0.0592. The Kier molecular flexibility index (Phi) is 28.6. The van der Waals surface area contributed by atoms with Crippen LogP contribution >= 0.6 is 0 Å². The van der Waals surface area contributed by atoms with Crippen molar-refractivity contribution in [2.24, 2.45) is 22.9 Å². The molecule has 0 bridgehead atoms. The molecule has 10 N–H and O–H groups in total.